The average molecular weight is 211 g/mol. The maximum absolute atomic E-state index is 11.7. The third-order valence-electron chi connectivity index (χ3n) is 2.56. The van der Waals surface area contributed by atoms with E-state index in [9.17, 15) is 9.59 Å². The predicted molar refractivity (Wildman–Crippen MR) is 59.3 cm³/mol. The number of hydrogen-bond acceptors (Lipinski definition) is 2. The molecule has 0 aromatic heterocycles. The first-order chi connectivity index (χ1) is 6.72. The molecule has 15 heavy (non-hydrogen) atoms. The highest BCUT2D eigenvalue weighted by molar-refractivity contribution is 5.94. The Morgan fingerprint density at radius 1 is 1.20 bits per heavy atom. The van der Waals surface area contributed by atoms with Crippen molar-refractivity contribution in [2.45, 2.75) is 46.6 Å². The first kappa shape index (κ1) is 12.2. The lowest BCUT2D eigenvalue weighted by Gasteiger charge is -2.20. The van der Waals surface area contributed by atoms with Crippen LogP contribution in [0.4, 0.5) is 0 Å². The molecular weight excluding hydrogens is 190 g/mol. The summed E-state index contributed by atoms with van der Waals surface area (Å²) in [4.78, 5) is 23.3. The molecule has 1 amide bonds. The number of nitrogens with one attached hydrogen (secondary N) is 1. The fraction of sp³-hybridized carbons (Fsp3) is 0.833. The molecule has 2 atom stereocenters. The van der Waals surface area contributed by atoms with Crippen LogP contribution in [-0.4, -0.2) is 17.2 Å². The van der Waals surface area contributed by atoms with E-state index in [0.717, 1.165) is 6.42 Å². The number of hydrogen-bond donors (Lipinski definition) is 1. The van der Waals surface area contributed by atoms with Crippen LogP contribution in [0.15, 0.2) is 0 Å². The van der Waals surface area contributed by atoms with E-state index in [2.05, 4.69) is 5.32 Å². The van der Waals surface area contributed by atoms with E-state index in [-0.39, 0.29) is 35.0 Å². The lowest BCUT2D eigenvalue weighted by Crippen LogP contribution is -2.42. The number of carbonyl (C=O) groups is 2. The van der Waals surface area contributed by atoms with Crippen molar-refractivity contribution in [1.29, 1.82) is 0 Å². The van der Waals surface area contributed by atoms with Gasteiger partial charge < -0.3 is 5.32 Å². The second-order valence-electron chi connectivity index (χ2n) is 5.75. The normalized spacial score (nSPS) is 25.2. The van der Waals surface area contributed by atoms with Crippen molar-refractivity contribution in [1.82, 2.24) is 5.32 Å². The molecule has 1 N–H and O–H groups in total. The Morgan fingerprint density at radius 2 is 1.73 bits per heavy atom. The van der Waals surface area contributed by atoms with Gasteiger partial charge in [0.1, 0.15) is 5.78 Å². The van der Waals surface area contributed by atoms with Crippen molar-refractivity contribution in [3.63, 3.8) is 0 Å². The summed E-state index contributed by atoms with van der Waals surface area (Å²) in [7, 11) is 0. The van der Waals surface area contributed by atoms with Gasteiger partial charge in [0.2, 0.25) is 5.91 Å². The molecule has 0 aromatic rings. The largest absolute Gasteiger partial charge is 0.351 e. The zero-order valence-electron chi connectivity index (χ0n) is 10.3. The van der Waals surface area contributed by atoms with Crippen LogP contribution in [0.5, 0.6) is 0 Å². The van der Waals surface area contributed by atoms with Crippen molar-refractivity contribution < 1.29 is 9.59 Å². The van der Waals surface area contributed by atoms with Gasteiger partial charge in [0.25, 0.3) is 0 Å². The Morgan fingerprint density at radius 3 is 2.13 bits per heavy atom. The third kappa shape index (κ3) is 3.33. The summed E-state index contributed by atoms with van der Waals surface area (Å²) in [5.41, 5.74) is -0.203. The zero-order valence-corrected chi connectivity index (χ0v) is 10.3. The SMILES string of the molecule is CC(C)C(=O)[C@H]1C[C@@H]1C(=O)NC(C)(C)C. The number of carbonyl (C=O) groups excluding carboxylic acids is 2. The summed E-state index contributed by atoms with van der Waals surface area (Å²) in [6.45, 7) is 9.63. The number of amides is 1. The van der Waals surface area contributed by atoms with Crippen molar-refractivity contribution >= 4 is 11.7 Å². The van der Waals surface area contributed by atoms with E-state index in [1.54, 1.807) is 0 Å². The van der Waals surface area contributed by atoms with Crippen LogP contribution < -0.4 is 5.32 Å². The fourth-order valence-corrected chi connectivity index (χ4v) is 1.69. The molecule has 0 unspecified atom stereocenters. The van der Waals surface area contributed by atoms with Gasteiger partial charge in [-0.15, -0.1) is 0 Å². The van der Waals surface area contributed by atoms with E-state index in [1.165, 1.54) is 0 Å². The molecule has 0 radical (unpaired) electrons. The van der Waals surface area contributed by atoms with Gasteiger partial charge in [-0.1, -0.05) is 13.8 Å². The summed E-state index contributed by atoms with van der Waals surface area (Å²) in [6.07, 6.45) is 0.735. The number of Topliss-reactive ketones (excluding diaryl/α,β-unsaturated/α-hetero) is 1. The molecule has 1 rings (SSSR count). The summed E-state index contributed by atoms with van der Waals surface area (Å²) < 4.78 is 0. The maximum Gasteiger partial charge on any atom is 0.224 e. The molecular formula is C12H21NO2. The Bertz CT molecular complexity index is 276. The molecule has 0 spiro atoms. The maximum atomic E-state index is 11.7. The summed E-state index contributed by atoms with van der Waals surface area (Å²) in [6, 6.07) is 0. The lowest BCUT2D eigenvalue weighted by molar-refractivity contribution is -0.128. The van der Waals surface area contributed by atoms with Gasteiger partial charge in [-0.2, -0.15) is 0 Å². The Hall–Kier alpha value is -0.860. The molecule has 1 aliphatic carbocycles. The topological polar surface area (TPSA) is 46.2 Å². The Balaban J connectivity index is 2.44. The van der Waals surface area contributed by atoms with Gasteiger partial charge in [0.05, 0.1) is 0 Å². The van der Waals surface area contributed by atoms with E-state index in [4.69, 9.17) is 0 Å². The second kappa shape index (κ2) is 3.95. The van der Waals surface area contributed by atoms with Crippen LogP contribution in [0.2, 0.25) is 0 Å². The third-order valence-corrected chi connectivity index (χ3v) is 2.56. The minimum absolute atomic E-state index is 0.0210. The first-order valence-electron chi connectivity index (χ1n) is 5.58. The predicted octanol–water partition coefficient (Wildman–Crippen LogP) is 1.76. The molecule has 3 nitrogen and oxygen atoms in total. The van der Waals surface area contributed by atoms with Crippen molar-refractivity contribution in [3.8, 4) is 0 Å². The summed E-state index contributed by atoms with van der Waals surface area (Å²) >= 11 is 0. The Labute approximate surface area is 91.6 Å². The minimum atomic E-state index is -0.203. The molecule has 0 heterocycles. The van der Waals surface area contributed by atoms with Gasteiger partial charge in [0, 0.05) is 23.3 Å². The first-order valence-corrected chi connectivity index (χ1v) is 5.58. The highest BCUT2D eigenvalue weighted by atomic mass is 16.2. The minimum Gasteiger partial charge on any atom is -0.351 e. The monoisotopic (exact) mass is 211 g/mol. The second-order valence-corrected chi connectivity index (χ2v) is 5.75. The lowest BCUT2D eigenvalue weighted by atomic mass is 10.0. The summed E-state index contributed by atoms with van der Waals surface area (Å²) in [5.74, 6) is 0.208. The quantitative estimate of drug-likeness (QED) is 0.773. The van der Waals surface area contributed by atoms with Crippen LogP contribution in [0, 0.1) is 17.8 Å². The molecule has 0 aliphatic heterocycles. The summed E-state index contributed by atoms with van der Waals surface area (Å²) in [5, 5.41) is 2.91. The van der Waals surface area contributed by atoms with Crippen LogP contribution in [0.25, 0.3) is 0 Å². The van der Waals surface area contributed by atoms with Crippen molar-refractivity contribution in [3.05, 3.63) is 0 Å². The highest BCUT2D eigenvalue weighted by Crippen LogP contribution is 2.41. The van der Waals surface area contributed by atoms with Crippen molar-refractivity contribution in [2.75, 3.05) is 0 Å². The molecule has 1 aliphatic rings. The van der Waals surface area contributed by atoms with Crippen molar-refractivity contribution in [2.24, 2.45) is 17.8 Å². The van der Waals surface area contributed by atoms with Gasteiger partial charge in [-0.25, -0.2) is 0 Å². The molecule has 0 aromatic carbocycles. The molecule has 0 saturated heterocycles. The van der Waals surface area contributed by atoms with Crippen LogP contribution in [-0.2, 0) is 9.59 Å². The fourth-order valence-electron chi connectivity index (χ4n) is 1.69. The van der Waals surface area contributed by atoms with Crippen LogP contribution >= 0.6 is 0 Å². The number of ketones is 1. The smallest absolute Gasteiger partial charge is 0.224 e. The number of rotatable bonds is 3. The molecule has 86 valence electrons. The molecule has 1 fully saturated rings. The molecule has 3 heteroatoms. The highest BCUT2D eigenvalue weighted by Gasteiger charge is 2.48. The average Bonchev–Trinajstić information content (AvgIpc) is 2.77. The van der Waals surface area contributed by atoms with E-state index in [1.807, 2.05) is 34.6 Å². The van der Waals surface area contributed by atoms with E-state index < -0.39 is 0 Å². The van der Waals surface area contributed by atoms with Crippen LogP contribution in [0.1, 0.15) is 41.0 Å². The zero-order chi connectivity index (χ0) is 11.8. The van der Waals surface area contributed by atoms with Gasteiger partial charge in [-0.05, 0) is 27.2 Å². The standard InChI is InChI=1S/C12H21NO2/c1-7(2)10(14)8-6-9(8)11(15)13-12(3,4)5/h7-9H,6H2,1-5H3,(H,13,15)/t8-,9-/m0/s1. The van der Waals surface area contributed by atoms with Gasteiger partial charge in [0.15, 0.2) is 0 Å². The molecule has 1 saturated carbocycles. The van der Waals surface area contributed by atoms with E-state index >= 15 is 0 Å². The molecule has 0 bridgehead atoms. The van der Waals surface area contributed by atoms with Gasteiger partial charge >= 0.3 is 0 Å². The Kier molecular flexibility index (Phi) is 3.22. The van der Waals surface area contributed by atoms with Crippen LogP contribution in [0.3, 0.4) is 0 Å². The van der Waals surface area contributed by atoms with E-state index in [0.29, 0.717) is 0 Å². The van der Waals surface area contributed by atoms with Gasteiger partial charge in [-0.3, -0.25) is 9.59 Å².